The standard InChI is InChI=1S/C16H19ClN2O2/c1-4-20-10-16-18-14(9-15(17)19-16)12-6-5-7-13(8-12)21-11(2)3/h5-9,11H,4,10H2,1-3H3. The van der Waals surface area contributed by atoms with Crippen LogP contribution in [0.1, 0.15) is 26.6 Å². The first-order valence-corrected chi connectivity index (χ1v) is 7.34. The third-order valence-electron chi connectivity index (χ3n) is 2.68. The lowest BCUT2D eigenvalue weighted by atomic mass is 10.1. The van der Waals surface area contributed by atoms with E-state index in [9.17, 15) is 0 Å². The van der Waals surface area contributed by atoms with Crippen molar-refractivity contribution in [2.45, 2.75) is 33.5 Å². The van der Waals surface area contributed by atoms with Gasteiger partial charge in [-0.1, -0.05) is 23.7 Å². The lowest BCUT2D eigenvalue weighted by molar-refractivity contribution is 0.128. The Balaban J connectivity index is 2.30. The van der Waals surface area contributed by atoms with Crippen LogP contribution in [0.4, 0.5) is 0 Å². The fourth-order valence-corrected chi connectivity index (χ4v) is 2.07. The molecule has 0 aliphatic carbocycles. The normalized spacial score (nSPS) is 10.9. The molecule has 2 aromatic rings. The quantitative estimate of drug-likeness (QED) is 0.753. The molecule has 0 aliphatic rings. The molecule has 0 bridgehead atoms. The van der Waals surface area contributed by atoms with E-state index < -0.39 is 0 Å². The largest absolute Gasteiger partial charge is 0.491 e. The first-order valence-electron chi connectivity index (χ1n) is 6.96. The molecule has 5 heteroatoms. The lowest BCUT2D eigenvalue weighted by Gasteiger charge is -2.11. The van der Waals surface area contributed by atoms with Crippen molar-refractivity contribution in [3.63, 3.8) is 0 Å². The summed E-state index contributed by atoms with van der Waals surface area (Å²) >= 11 is 6.07. The molecule has 21 heavy (non-hydrogen) atoms. The molecule has 0 N–H and O–H groups in total. The third kappa shape index (κ3) is 4.69. The number of hydrogen-bond donors (Lipinski definition) is 0. The van der Waals surface area contributed by atoms with Crippen molar-refractivity contribution in [2.24, 2.45) is 0 Å². The molecule has 0 fully saturated rings. The minimum atomic E-state index is 0.128. The minimum Gasteiger partial charge on any atom is -0.491 e. The van der Waals surface area contributed by atoms with E-state index in [0.717, 1.165) is 17.0 Å². The smallest absolute Gasteiger partial charge is 0.156 e. The molecule has 0 spiro atoms. The van der Waals surface area contributed by atoms with Gasteiger partial charge in [-0.2, -0.15) is 0 Å². The molecule has 1 aromatic carbocycles. The van der Waals surface area contributed by atoms with Gasteiger partial charge in [-0.25, -0.2) is 9.97 Å². The van der Waals surface area contributed by atoms with Gasteiger partial charge in [0.15, 0.2) is 5.82 Å². The van der Waals surface area contributed by atoms with Crippen LogP contribution < -0.4 is 4.74 Å². The van der Waals surface area contributed by atoms with Gasteiger partial charge in [-0.15, -0.1) is 0 Å². The topological polar surface area (TPSA) is 44.2 Å². The van der Waals surface area contributed by atoms with E-state index in [2.05, 4.69) is 9.97 Å². The van der Waals surface area contributed by atoms with Gasteiger partial charge in [0.25, 0.3) is 0 Å². The number of halogens is 1. The van der Waals surface area contributed by atoms with E-state index in [1.54, 1.807) is 6.07 Å². The van der Waals surface area contributed by atoms with Crippen LogP contribution in [0.25, 0.3) is 11.3 Å². The predicted molar refractivity (Wildman–Crippen MR) is 83.6 cm³/mol. The number of nitrogens with zero attached hydrogens (tertiary/aromatic N) is 2. The number of rotatable bonds is 6. The van der Waals surface area contributed by atoms with E-state index in [4.69, 9.17) is 21.1 Å². The summed E-state index contributed by atoms with van der Waals surface area (Å²) in [6.45, 7) is 6.89. The first-order chi connectivity index (χ1) is 10.1. The molecular weight excluding hydrogens is 288 g/mol. The Morgan fingerprint density at radius 1 is 1.19 bits per heavy atom. The maximum Gasteiger partial charge on any atom is 0.156 e. The Kier molecular flexibility index (Phi) is 5.53. The Hall–Kier alpha value is -1.65. The molecule has 4 nitrogen and oxygen atoms in total. The Labute approximate surface area is 130 Å². The van der Waals surface area contributed by atoms with Gasteiger partial charge in [0.2, 0.25) is 0 Å². The van der Waals surface area contributed by atoms with Crippen LogP contribution >= 0.6 is 11.6 Å². The van der Waals surface area contributed by atoms with E-state index >= 15 is 0 Å². The molecule has 0 radical (unpaired) electrons. The van der Waals surface area contributed by atoms with E-state index in [1.165, 1.54) is 0 Å². The van der Waals surface area contributed by atoms with Gasteiger partial charge in [0.1, 0.15) is 17.5 Å². The molecular formula is C16H19ClN2O2. The summed E-state index contributed by atoms with van der Waals surface area (Å²) in [7, 11) is 0. The average Bonchev–Trinajstić information content (AvgIpc) is 2.44. The predicted octanol–water partition coefficient (Wildman–Crippen LogP) is 4.12. The summed E-state index contributed by atoms with van der Waals surface area (Å²) in [5.74, 6) is 1.39. The highest BCUT2D eigenvalue weighted by Crippen LogP contribution is 2.24. The molecule has 0 atom stereocenters. The van der Waals surface area contributed by atoms with Gasteiger partial charge >= 0.3 is 0 Å². The maximum absolute atomic E-state index is 6.07. The summed E-state index contributed by atoms with van der Waals surface area (Å²) in [4.78, 5) is 8.65. The fraction of sp³-hybridized carbons (Fsp3) is 0.375. The van der Waals surface area contributed by atoms with Gasteiger partial charge in [-0.05, 0) is 32.9 Å². The second kappa shape index (κ2) is 7.38. The second-order valence-corrected chi connectivity index (χ2v) is 5.21. The number of aromatic nitrogens is 2. The van der Waals surface area contributed by atoms with Crippen molar-refractivity contribution >= 4 is 11.6 Å². The van der Waals surface area contributed by atoms with Gasteiger partial charge in [0, 0.05) is 18.2 Å². The summed E-state index contributed by atoms with van der Waals surface area (Å²) in [5.41, 5.74) is 1.70. The minimum absolute atomic E-state index is 0.128. The van der Waals surface area contributed by atoms with Crippen molar-refractivity contribution < 1.29 is 9.47 Å². The average molecular weight is 307 g/mol. The van der Waals surface area contributed by atoms with Crippen molar-refractivity contribution in [3.05, 3.63) is 41.3 Å². The van der Waals surface area contributed by atoms with Crippen LogP contribution in [-0.4, -0.2) is 22.7 Å². The molecule has 0 aliphatic heterocycles. The monoisotopic (exact) mass is 306 g/mol. The molecule has 1 aromatic heterocycles. The molecule has 1 heterocycles. The van der Waals surface area contributed by atoms with Crippen molar-refractivity contribution in [3.8, 4) is 17.0 Å². The highest BCUT2D eigenvalue weighted by Gasteiger charge is 2.07. The second-order valence-electron chi connectivity index (χ2n) is 4.82. The number of ether oxygens (including phenoxy) is 2. The van der Waals surface area contributed by atoms with Crippen LogP contribution in [0.3, 0.4) is 0 Å². The Morgan fingerprint density at radius 3 is 2.71 bits per heavy atom. The van der Waals surface area contributed by atoms with Gasteiger partial charge < -0.3 is 9.47 Å². The van der Waals surface area contributed by atoms with Crippen LogP contribution in [0.5, 0.6) is 5.75 Å². The highest BCUT2D eigenvalue weighted by molar-refractivity contribution is 6.29. The number of benzene rings is 1. The SMILES string of the molecule is CCOCc1nc(Cl)cc(-c2cccc(OC(C)C)c2)n1. The van der Waals surface area contributed by atoms with Crippen LogP contribution in [-0.2, 0) is 11.3 Å². The molecule has 0 saturated heterocycles. The van der Waals surface area contributed by atoms with Crippen molar-refractivity contribution in [1.29, 1.82) is 0 Å². The van der Waals surface area contributed by atoms with Crippen LogP contribution in [0, 0.1) is 0 Å². The van der Waals surface area contributed by atoms with E-state index in [0.29, 0.717) is 24.2 Å². The summed E-state index contributed by atoms with van der Waals surface area (Å²) in [6, 6.07) is 9.52. The van der Waals surface area contributed by atoms with Gasteiger partial charge in [-0.3, -0.25) is 0 Å². The number of hydrogen-bond acceptors (Lipinski definition) is 4. The summed E-state index contributed by atoms with van der Waals surface area (Å²) in [6.07, 6.45) is 0.128. The van der Waals surface area contributed by atoms with E-state index in [-0.39, 0.29) is 6.10 Å². The van der Waals surface area contributed by atoms with E-state index in [1.807, 2.05) is 45.0 Å². The zero-order chi connectivity index (χ0) is 15.2. The first kappa shape index (κ1) is 15.7. The molecule has 0 unspecified atom stereocenters. The fourth-order valence-electron chi connectivity index (χ4n) is 1.87. The zero-order valence-electron chi connectivity index (χ0n) is 12.5. The molecule has 0 amide bonds. The maximum atomic E-state index is 6.07. The third-order valence-corrected chi connectivity index (χ3v) is 2.87. The highest BCUT2D eigenvalue weighted by atomic mass is 35.5. The molecule has 2 rings (SSSR count). The van der Waals surface area contributed by atoms with Gasteiger partial charge in [0.05, 0.1) is 11.8 Å². The molecule has 0 saturated carbocycles. The Morgan fingerprint density at radius 2 is 2.00 bits per heavy atom. The van der Waals surface area contributed by atoms with Crippen molar-refractivity contribution in [2.75, 3.05) is 6.61 Å². The summed E-state index contributed by atoms with van der Waals surface area (Å²) in [5, 5.41) is 0.407. The van der Waals surface area contributed by atoms with Crippen LogP contribution in [0.15, 0.2) is 30.3 Å². The lowest BCUT2D eigenvalue weighted by Crippen LogP contribution is -2.05. The van der Waals surface area contributed by atoms with Crippen LogP contribution in [0.2, 0.25) is 5.15 Å². The zero-order valence-corrected chi connectivity index (χ0v) is 13.2. The Bertz CT molecular complexity index is 603. The molecule has 112 valence electrons. The summed E-state index contributed by atoms with van der Waals surface area (Å²) < 4.78 is 11.0. The van der Waals surface area contributed by atoms with Crippen molar-refractivity contribution in [1.82, 2.24) is 9.97 Å².